The van der Waals surface area contributed by atoms with Gasteiger partial charge in [-0.1, -0.05) is 31.0 Å². The Hall–Kier alpha value is -2.40. The van der Waals surface area contributed by atoms with E-state index in [1.165, 1.54) is 0 Å². The van der Waals surface area contributed by atoms with Crippen LogP contribution in [0.2, 0.25) is 0 Å². The van der Waals surface area contributed by atoms with Crippen molar-refractivity contribution in [2.75, 3.05) is 25.5 Å². The van der Waals surface area contributed by atoms with Gasteiger partial charge in [0.1, 0.15) is 0 Å². The van der Waals surface area contributed by atoms with Gasteiger partial charge in [0.15, 0.2) is 6.29 Å². The summed E-state index contributed by atoms with van der Waals surface area (Å²) < 4.78 is 0. The number of amides is 1. The smallest absolute Gasteiger partial charge is 0.251 e. The Balaban J connectivity index is 2.26. The molecule has 0 spiro atoms. The molecule has 2 rings (SSSR count). The predicted octanol–water partition coefficient (Wildman–Crippen LogP) is 2.94. The fourth-order valence-corrected chi connectivity index (χ4v) is 2.86. The van der Waals surface area contributed by atoms with E-state index in [1.54, 1.807) is 19.2 Å². The average Bonchev–Trinajstić information content (AvgIpc) is 2.63. The van der Waals surface area contributed by atoms with Crippen molar-refractivity contribution < 1.29 is 9.59 Å². The zero-order chi connectivity index (χ0) is 17.4. The highest BCUT2D eigenvalue weighted by Crippen LogP contribution is 2.29. The van der Waals surface area contributed by atoms with Crippen molar-refractivity contribution in [1.29, 1.82) is 0 Å². The summed E-state index contributed by atoms with van der Waals surface area (Å²) in [5.74, 6) is -0.192. The summed E-state index contributed by atoms with van der Waals surface area (Å²) in [4.78, 5) is 23.5. The minimum Gasteiger partial charge on any atom is -0.385 e. The second-order valence-electron chi connectivity index (χ2n) is 5.76. The van der Waals surface area contributed by atoms with Crippen molar-refractivity contribution in [2.45, 2.75) is 25.7 Å². The van der Waals surface area contributed by atoms with Crippen molar-refractivity contribution in [3.05, 3.63) is 41.5 Å². The predicted molar refractivity (Wildman–Crippen MR) is 98.7 cm³/mol. The fraction of sp³-hybridized carbons (Fsp3) is 0.368. The third-order valence-corrected chi connectivity index (χ3v) is 4.12. The van der Waals surface area contributed by atoms with Gasteiger partial charge in [0.05, 0.1) is 0 Å². The molecule has 1 amide bonds. The molecule has 0 saturated heterocycles. The maximum atomic E-state index is 12.1. The number of fused-ring (bicyclic) bond motifs is 1. The lowest BCUT2D eigenvalue weighted by molar-refractivity contribution is 0.0964. The van der Waals surface area contributed by atoms with Crippen LogP contribution in [0.4, 0.5) is 5.69 Å². The Labute approximate surface area is 142 Å². The highest BCUT2D eigenvalue weighted by Gasteiger charge is 2.14. The Kier molecular flexibility index (Phi) is 6.75. The van der Waals surface area contributed by atoms with Crippen molar-refractivity contribution in [3.63, 3.8) is 0 Å². The van der Waals surface area contributed by atoms with E-state index < -0.39 is 0 Å². The molecule has 2 aromatic rings. The molecule has 0 fully saturated rings. The number of nitrogens with two attached hydrogens (primary N) is 1. The molecule has 0 unspecified atom stereocenters. The van der Waals surface area contributed by atoms with Gasteiger partial charge in [0, 0.05) is 41.2 Å². The van der Waals surface area contributed by atoms with Crippen LogP contribution in [-0.4, -0.2) is 32.3 Å². The van der Waals surface area contributed by atoms with E-state index in [0.29, 0.717) is 16.5 Å². The zero-order valence-electron chi connectivity index (χ0n) is 14.1. The summed E-state index contributed by atoms with van der Waals surface area (Å²) >= 11 is 0. The minimum absolute atomic E-state index is 0.192. The first-order valence-corrected chi connectivity index (χ1v) is 8.40. The maximum absolute atomic E-state index is 12.1. The number of rotatable bonds is 9. The molecule has 0 heterocycles. The van der Waals surface area contributed by atoms with Gasteiger partial charge in [0.25, 0.3) is 5.91 Å². The number of hydrogen-bond acceptors (Lipinski definition) is 4. The lowest BCUT2D eigenvalue weighted by atomic mass is 9.97. The summed E-state index contributed by atoms with van der Waals surface area (Å²) in [6.07, 6.45) is 5.20. The fourth-order valence-electron chi connectivity index (χ4n) is 2.86. The number of aldehydes is 1. The SMILES string of the molecule is CNC(=O)c1ccc(NCCCCCCN)c2cccc(C=O)c12. The van der Waals surface area contributed by atoms with Crippen LogP contribution < -0.4 is 16.4 Å². The second kappa shape index (κ2) is 9.03. The van der Waals surface area contributed by atoms with Gasteiger partial charge >= 0.3 is 0 Å². The third kappa shape index (κ3) is 4.11. The second-order valence-corrected chi connectivity index (χ2v) is 5.76. The zero-order valence-corrected chi connectivity index (χ0v) is 14.1. The van der Waals surface area contributed by atoms with E-state index in [9.17, 15) is 9.59 Å². The van der Waals surface area contributed by atoms with Crippen LogP contribution in [0.25, 0.3) is 10.8 Å². The summed E-state index contributed by atoms with van der Waals surface area (Å²) in [6.45, 7) is 1.60. The van der Waals surface area contributed by atoms with E-state index in [2.05, 4.69) is 10.6 Å². The third-order valence-electron chi connectivity index (χ3n) is 4.12. The molecule has 2 aromatic carbocycles. The van der Waals surface area contributed by atoms with Gasteiger partial charge in [-0.2, -0.15) is 0 Å². The summed E-state index contributed by atoms with van der Waals surface area (Å²) in [5.41, 5.74) is 7.48. The average molecular weight is 327 g/mol. The van der Waals surface area contributed by atoms with Crippen LogP contribution in [0.15, 0.2) is 30.3 Å². The molecular weight excluding hydrogens is 302 g/mol. The number of hydrogen-bond donors (Lipinski definition) is 3. The van der Waals surface area contributed by atoms with Crippen LogP contribution in [0.5, 0.6) is 0 Å². The molecule has 0 aliphatic carbocycles. The van der Waals surface area contributed by atoms with Gasteiger partial charge in [-0.25, -0.2) is 0 Å². The number of nitrogens with one attached hydrogen (secondary N) is 2. The molecule has 0 aliphatic rings. The highest BCUT2D eigenvalue weighted by atomic mass is 16.1. The van der Waals surface area contributed by atoms with Gasteiger partial charge in [-0.15, -0.1) is 0 Å². The summed E-state index contributed by atoms with van der Waals surface area (Å²) in [6, 6.07) is 9.18. The number of carbonyl (C=O) groups excluding carboxylic acids is 2. The van der Waals surface area contributed by atoms with Gasteiger partial charge in [0.2, 0.25) is 0 Å². The van der Waals surface area contributed by atoms with E-state index in [-0.39, 0.29) is 5.91 Å². The molecule has 0 saturated carbocycles. The van der Waals surface area contributed by atoms with Crippen LogP contribution in [0, 0.1) is 0 Å². The molecule has 5 heteroatoms. The van der Waals surface area contributed by atoms with Crippen molar-refractivity contribution in [2.24, 2.45) is 5.73 Å². The molecular formula is C19H25N3O2. The van der Waals surface area contributed by atoms with Crippen LogP contribution in [-0.2, 0) is 0 Å². The van der Waals surface area contributed by atoms with Crippen molar-refractivity contribution >= 4 is 28.7 Å². The monoisotopic (exact) mass is 327 g/mol. The molecule has 0 atom stereocenters. The molecule has 128 valence electrons. The molecule has 0 radical (unpaired) electrons. The van der Waals surface area contributed by atoms with Crippen LogP contribution in [0.3, 0.4) is 0 Å². The molecule has 0 bridgehead atoms. The number of carbonyl (C=O) groups is 2. The topological polar surface area (TPSA) is 84.2 Å². The first kappa shape index (κ1) is 17.9. The molecule has 24 heavy (non-hydrogen) atoms. The highest BCUT2D eigenvalue weighted by molar-refractivity contribution is 6.15. The van der Waals surface area contributed by atoms with Crippen LogP contribution in [0.1, 0.15) is 46.4 Å². The molecule has 0 aliphatic heterocycles. The minimum atomic E-state index is -0.192. The van der Waals surface area contributed by atoms with E-state index in [0.717, 1.165) is 56.1 Å². The van der Waals surface area contributed by atoms with Crippen molar-refractivity contribution in [1.82, 2.24) is 5.32 Å². The van der Waals surface area contributed by atoms with E-state index in [4.69, 9.17) is 5.73 Å². The van der Waals surface area contributed by atoms with E-state index in [1.807, 2.05) is 18.2 Å². The molecule has 0 aromatic heterocycles. The first-order chi connectivity index (χ1) is 11.7. The Morgan fingerprint density at radius 3 is 2.62 bits per heavy atom. The van der Waals surface area contributed by atoms with E-state index >= 15 is 0 Å². The largest absolute Gasteiger partial charge is 0.385 e. The quantitative estimate of drug-likeness (QED) is 0.488. The summed E-state index contributed by atoms with van der Waals surface area (Å²) in [7, 11) is 1.59. The lowest BCUT2D eigenvalue weighted by Crippen LogP contribution is -2.18. The maximum Gasteiger partial charge on any atom is 0.251 e. The van der Waals surface area contributed by atoms with Crippen molar-refractivity contribution in [3.8, 4) is 0 Å². The number of benzene rings is 2. The molecule has 4 N–H and O–H groups in total. The standard InChI is InChI=1S/C19H25N3O2/c1-21-19(24)16-9-10-17(22-12-5-3-2-4-11-20)15-8-6-7-14(13-23)18(15)16/h6-10,13,22H,2-5,11-12,20H2,1H3,(H,21,24). The molecule has 5 nitrogen and oxygen atoms in total. The Morgan fingerprint density at radius 1 is 1.12 bits per heavy atom. The lowest BCUT2D eigenvalue weighted by Gasteiger charge is -2.14. The summed E-state index contributed by atoms with van der Waals surface area (Å²) in [5, 5.41) is 7.64. The number of unbranched alkanes of at least 4 members (excludes halogenated alkanes) is 3. The van der Waals surface area contributed by atoms with Crippen LogP contribution >= 0.6 is 0 Å². The van der Waals surface area contributed by atoms with Gasteiger partial charge in [-0.3, -0.25) is 9.59 Å². The van der Waals surface area contributed by atoms with Gasteiger partial charge < -0.3 is 16.4 Å². The number of anilines is 1. The Bertz CT molecular complexity index is 713. The first-order valence-electron chi connectivity index (χ1n) is 8.40. The Morgan fingerprint density at radius 2 is 1.92 bits per heavy atom. The normalized spacial score (nSPS) is 10.6. The van der Waals surface area contributed by atoms with Gasteiger partial charge in [-0.05, 0) is 31.5 Å².